The van der Waals surface area contributed by atoms with Crippen molar-refractivity contribution < 1.29 is 25.2 Å². The number of aliphatic hydroxyl groups excluding tert-OH is 3. The molecule has 0 saturated heterocycles. The molecule has 0 radical (unpaired) electrons. The van der Waals surface area contributed by atoms with E-state index in [1.54, 1.807) is 35.0 Å². The molecule has 0 fully saturated rings. The Hall–Kier alpha value is -2.22. The highest BCUT2D eigenvalue weighted by Gasteiger charge is 2.15. The van der Waals surface area contributed by atoms with Gasteiger partial charge in [-0.25, -0.2) is 4.98 Å². The molecule has 0 aromatic carbocycles. The van der Waals surface area contributed by atoms with Crippen molar-refractivity contribution in [2.75, 3.05) is 0 Å². The van der Waals surface area contributed by atoms with Crippen LogP contribution in [0.4, 0.5) is 0 Å². The van der Waals surface area contributed by atoms with Crippen LogP contribution < -0.4 is 0 Å². The molecule has 2 rings (SSSR count). The summed E-state index contributed by atoms with van der Waals surface area (Å²) in [6.45, 7) is 2.09. The Morgan fingerprint density at radius 2 is 1.96 bits per heavy atom. The third-order valence-electron chi connectivity index (χ3n) is 4.75. The second kappa shape index (κ2) is 10.9. The van der Waals surface area contributed by atoms with Gasteiger partial charge in [-0.1, -0.05) is 38.3 Å². The van der Waals surface area contributed by atoms with Crippen LogP contribution in [0.5, 0.6) is 0 Å². The van der Waals surface area contributed by atoms with Gasteiger partial charge in [0.2, 0.25) is 0 Å². The summed E-state index contributed by atoms with van der Waals surface area (Å²) in [5, 5.41) is 39.2. The van der Waals surface area contributed by atoms with E-state index in [0.717, 1.165) is 24.8 Å². The Kier molecular flexibility index (Phi) is 8.63. The molecule has 0 spiro atoms. The van der Waals surface area contributed by atoms with Crippen molar-refractivity contribution in [3.05, 3.63) is 41.9 Å². The molecule has 0 amide bonds. The van der Waals surface area contributed by atoms with Gasteiger partial charge >= 0.3 is 5.97 Å². The van der Waals surface area contributed by atoms with Gasteiger partial charge in [-0.15, -0.1) is 0 Å². The van der Waals surface area contributed by atoms with Gasteiger partial charge in [0.25, 0.3) is 0 Å². The first kappa shape index (κ1) is 22.1. The molecule has 4 N–H and O–H groups in total. The molecule has 7 nitrogen and oxygen atoms in total. The second-order valence-electron chi connectivity index (χ2n) is 7.09. The lowest BCUT2D eigenvalue weighted by atomic mass is 10.1. The Labute approximate surface area is 165 Å². The fraction of sp³-hybridized carbons (Fsp3) is 0.524. The normalized spacial score (nSPS) is 15.1. The zero-order valence-electron chi connectivity index (χ0n) is 16.2. The predicted octanol–water partition coefficient (Wildman–Crippen LogP) is 2.94. The maximum absolute atomic E-state index is 10.6. The van der Waals surface area contributed by atoms with Crippen molar-refractivity contribution >= 4 is 17.7 Å². The SMILES string of the molecule is CCCCC[C@H](O)[C@H](O)/C=C/c1ccc2ncc(C(O)CCCC(=O)O)n2c1. The quantitative estimate of drug-likeness (QED) is 0.414. The highest BCUT2D eigenvalue weighted by Crippen LogP contribution is 2.21. The van der Waals surface area contributed by atoms with Crippen LogP contribution in [-0.2, 0) is 4.79 Å². The third kappa shape index (κ3) is 6.44. The summed E-state index contributed by atoms with van der Waals surface area (Å²) in [7, 11) is 0. The van der Waals surface area contributed by atoms with Crippen LogP contribution in [0, 0.1) is 0 Å². The minimum Gasteiger partial charge on any atom is -0.481 e. The van der Waals surface area contributed by atoms with Gasteiger partial charge < -0.3 is 24.8 Å². The number of hydrogen-bond acceptors (Lipinski definition) is 5. The number of imidazole rings is 1. The largest absolute Gasteiger partial charge is 0.481 e. The number of carbonyl (C=O) groups is 1. The molecule has 28 heavy (non-hydrogen) atoms. The molecular weight excluding hydrogens is 360 g/mol. The molecule has 0 aliphatic heterocycles. The lowest BCUT2D eigenvalue weighted by Gasteiger charge is -2.14. The third-order valence-corrected chi connectivity index (χ3v) is 4.75. The van der Waals surface area contributed by atoms with Gasteiger partial charge in [-0.05, 0) is 37.0 Å². The average Bonchev–Trinajstić information content (AvgIpc) is 3.09. The summed E-state index contributed by atoms with van der Waals surface area (Å²) < 4.78 is 1.76. The van der Waals surface area contributed by atoms with Crippen LogP contribution in [0.1, 0.15) is 69.2 Å². The van der Waals surface area contributed by atoms with Crippen LogP contribution in [0.3, 0.4) is 0 Å². The van der Waals surface area contributed by atoms with Crippen LogP contribution in [0.15, 0.2) is 30.6 Å². The number of aromatic nitrogens is 2. The molecule has 7 heteroatoms. The maximum Gasteiger partial charge on any atom is 0.303 e. The lowest BCUT2D eigenvalue weighted by molar-refractivity contribution is -0.137. The Bertz CT molecular complexity index is 786. The molecule has 2 aromatic rings. The number of pyridine rings is 1. The van der Waals surface area contributed by atoms with E-state index >= 15 is 0 Å². The van der Waals surface area contributed by atoms with Crippen molar-refractivity contribution in [1.82, 2.24) is 9.38 Å². The number of unbranched alkanes of at least 4 members (excludes halogenated alkanes) is 2. The molecule has 154 valence electrons. The van der Waals surface area contributed by atoms with E-state index in [0.29, 0.717) is 30.6 Å². The lowest BCUT2D eigenvalue weighted by Crippen LogP contribution is -2.23. The van der Waals surface area contributed by atoms with Crippen LogP contribution in [-0.4, -0.2) is 48.0 Å². The first-order valence-electron chi connectivity index (χ1n) is 9.83. The first-order chi connectivity index (χ1) is 13.4. The average molecular weight is 390 g/mol. The van der Waals surface area contributed by atoms with E-state index in [9.17, 15) is 20.1 Å². The summed E-state index contributed by atoms with van der Waals surface area (Å²) >= 11 is 0. The number of hydrogen-bond donors (Lipinski definition) is 4. The van der Waals surface area contributed by atoms with Gasteiger partial charge in [0.15, 0.2) is 0 Å². The smallest absolute Gasteiger partial charge is 0.303 e. The highest BCUT2D eigenvalue weighted by atomic mass is 16.4. The molecule has 2 aromatic heterocycles. The summed E-state index contributed by atoms with van der Waals surface area (Å²) in [6.07, 6.45) is 8.42. The van der Waals surface area contributed by atoms with Crippen LogP contribution >= 0.6 is 0 Å². The van der Waals surface area contributed by atoms with Gasteiger partial charge in [0, 0.05) is 12.6 Å². The molecule has 0 aliphatic rings. The summed E-state index contributed by atoms with van der Waals surface area (Å²) in [5.74, 6) is -0.881. The standard InChI is InChI=1S/C21H30N2O5/c1-2-3-4-6-18(25)19(26)11-9-15-10-12-20-22-13-16(23(20)14-15)17(24)7-5-8-21(27)28/h9-14,17-19,24-26H,2-8H2,1H3,(H,27,28)/b11-9+/t17?,18-,19+/m0/s1. The summed E-state index contributed by atoms with van der Waals surface area (Å²) in [5.41, 5.74) is 2.06. The predicted molar refractivity (Wildman–Crippen MR) is 107 cm³/mol. The number of carboxylic acids is 1. The monoisotopic (exact) mass is 390 g/mol. The molecule has 3 atom stereocenters. The molecule has 1 unspecified atom stereocenters. The topological polar surface area (TPSA) is 115 Å². The number of fused-ring (bicyclic) bond motifs is 1. The van der Waals surface area contributed by atoms with E-state index in [1.165, 1.54) is 0 Å². The number of aliphatic carboxylic acids is 1. The van der Waals surface area contributed by atoms with Crippen LogP contribution in [0.25, 0.3) is 11.7 Å². The van der Waals surface area contributed by atoms with Gasteiger partial charge in [0.1, 0.15) is 5.65 Å². The second-order valence-corrected chi connectivity index (χ2v) is 7.09. The van der Waals surface area contributed by atoms with Gasteiger partial charge in [-0.2, -0.15) is 0 Å². The Morgan fingerprint density at radius 1 is 1.18 bits per heavy atom. The number of carboxylic acid groups (broad SMARTS) is 1. The molecule has 0 saturated carbocycles. The minimum atomic E-state index is -0.934. The van der Waals surface area contributed by atoms with Crippen LogP contribution in [0.2, 0.25) is 0 Å². The van der Waals surface area contributed by atoms with E-state index in [4.69, 9.17) is 5.11 Å². The van der Waals surface area contributed by atoms with Gasteiger partial charge in [-0.3, -0.25) is 4.79 Å². The summed E-state index contributed by atoms with van der Waals surface area (Å²) in [6, 6.07) is 3.65. The number of nitrogens with zero attached hydrogens (tertiary/aromatic N) is 2. The number of rotatable bonds is 12. The fourth-order valence-corrected chi connectivity index (χ4v) is 3.07. The molecule has 2 heterocycles. The number of aliphatic hydroxyl groups is 3. The maximum atomic E-state index is 10.6. The highest BCUT2D eigenvalue weighted by molar-refractivity contribution is 5.66. The Balaban J connectivity index is 2.05. The van der Waals surface area contributed by atoms with E-state index < -0.39 is 24.3 Å². The van der Waals surface area contributed by atoms with Crippen molar-refractivity contribution in [2.24, 2.45) is 0 Å². The first-order valence-corrected chi connectivity index (χ1v) is 9.83. The van der Waals surface area contributed by atoms with Crippen molar-refractivity contribution in [2.45, 2.75) is 70.2 Å². The van der Waals surface area contributed by atoms with Crippen molar-refractivity contribution in [1.29, 1.82) is 0 Å². The zero-order valence-corrected chi connectivity index (χ0v) is 16.2. The summed E-state index contributed by atoms with van der Waals surface area (Å²) in [4.78, 5) is 14.9. The Morgan fingerprint density at radius 3 is 2.68 bits per heavy atom. The molecule has 0 aliphatic carbocycles. The van der Waals surface area contributed by atoms with Crippen molar-refractivity contribution in [3.63, 3.8) is 0 Å². The van der Waals surface area contributed by atoms with E-state index in [-0.39, 0.29) is 6.42 Å². The van der Waals surface area contributed by atoms with E-state index in [1.807, 2.05) is 6.07 Å². The minimum absolute atomic E-state index is 0.0141. The fourth-order valence-electron chi connectivity index (χ4n) is 3.07. The molecule has 0 bridgehead atoms. The zero-order chi connectivity index (χ0) is 20.5. The van der Waals surface area contributed by atoms with E-state index in [2.05, 4.69) is 11.9 Å². The van der Waals surface area contributed by atoms with Gasteiger partial charge in [0.05, 0.1) is 30.2 Å². The molecular formula is C21H30N2O5. The van der Waals surface area contributed by atoms with Crippen molar-refractivity contribution in [3.8, 4) is 0 Å².